The van der Waals surface area contributed by atoms with Crippen molar-refractivity contribution in [3.63, 3.8) is 0 Å². The first-order valence-corrected chi connectivity index (χ1v) is 5.03. The molecule has 0 amide bonds. The maximum absolute atomic E-state index is 10.8. The van der Waals surface area contributed by atoms with E-state index in [4.69, 9.17) is 5.11 Å². The molecule has 2 rings (SSSR count). The fourth-order valence-corrected chi connectivity index (χ4v) is 1.54. The highest BCUT2D eigenvalue weighted by Crippen LogP contribution is 2.25. The molecule has 0 aliphatic heterocycles. The van der Waals surface area contributed by atoms with E-state index in [1.165, 1.54) is 12.1 Å². The molecule has 0 unspecified atom stereocenters. The number of benzene rings is 1. The van der Waals surface area contributed by atoms with Gasteiger partial charge in [0, 0.05) is 17.2 Å². The minimum Gasteiger partial charge on any atom is -0.477 e. The minimum absolute atomic E-state index is 0.0209. The predicted octanol–water partition coefficient (Wildman–Crippen LogP) is 1.99. The van der Waals surface area contributed by atoms with E-state index in [-0.39, 0.29) is 11.4 Å². The van der Waals surface area contributed by atoms with Crippen LogP contribution in [0.2, 0.25) is 0 Å². The number of carboxylic acid groups (broad SMARTS) is 1. The van der Waals surface area contributed by atoms with Crippen LogP contribution < -0.4 is 0 Å². The Morgan fingerprint density at radius 3 is 2.72 bits per heavy atom. The zero-order valence-electron chi connectivity index (χ0n) is 9.38. The summed E-state index contributed by atoms with van der Waals surface area (Å²) < 4.78 is 0. The number of rotatable bonds is 3. The molecule has 1 aromatic carbocycles. The van der Waals surface area contributed by atoms with Crippen LogP contribution in [-0.4, -0.2) is 26.2 Å². The zero-order valence-corrected chi connectivity index (χ0v) is 9.38. The summed E-state index contributed by atoms with van der Waals surface area (Å²) in [7, 11) is 0. The van der Waals surface area contributed by atoms with Crippen molar-refractivity contribution in [1.82, 2.24) is 10.2 Å². The monoisotopic (exact) mass is 247 g/mol. The van der Waals surface area contributed by atoms with E-state index in [0.29, 0.717) is 16.8 Å². The Labute approximate surface area is 101 Å². The molecule has 0 fully saturated rings. The second-order valence-corrected chi connectivity index (χ2v) is 3.73. The molecule has 2 aromatic rings. The van der Waals surface area contributed by atoms with Gasteiger partial charge in [-0.05, 0) is 13.0 Å². The summed E-state index contributed by atoms with van der Waals surface area (Å²) in [5.41, 5.74) is 1.31. The van der Waals surface area contributed by atoms with Gasteiger partial charge in [0.2, 0.25) is 0 Å². The molecular formula is C11H9N3O4. The van der Waals surface area contributed by atoms with Gasteiger partial charge in [0.05, 0.1) is 10.6 Å². The molecule has 1 heterocycles. The third kappa shape index (κ3) is 2.05. The summed E-state index contributed by atoms with van der Waals surface area (Å²) in [6.45, 7) is 1.63. The Balaban J connectivity index is 2.47. The largest absolute Gasteiger partial charge is 0.477 e. The lowest BCUT2D eigenvalue weighted by Gasteiger charge is -1.99. The van der Waals surface area contributed by atoms with Gasteiger partial charge in [0.25, 0.3) is 5.69 Å². The smallest absolute Gasteiger partial charge is 0.353 e. The van der Waals surface area contributed by atoms with Crippen molar-refractivity contribution in [3.8, 4) is 11.3 Å². The van der Waals surface area contributed by atoms with Gasteiger partial charge in [-0.2, -0.15) is 5.10 Å². The van der Waals surface area contributed by atoms with Crippen LogP contribution in [0.25, 0.3) is 11.3 Å². The summed E-state index contributed by atoms with van der Waals surface area (Å²) in [5.74, 6) is -1.13. The first-order chi connectivity index (χ1) is 8.49. The van der Waals surface area contributed by atoms with Crippen LogP contribution in [0, 0.1) is 17.0 Å². The second-order valence-electron chi connectivity index (χ2n) is 3.73. The molecular weight excluding hydrogens is 238 g/mol. The van der Waals surface area contributed by atoms with E-state index >= 15 is 0 Å². The fourth-order valence-electron chi connectivity index (χ4n) is 1.54. The van der Waals surface area contributed by atoms with Crippen LogP contribution >= 0.6 is 0 Å². The van der Waals surface area contributed by atoms with Crippen LogP contribution in [0.1, 0.15) is 16.1 Å². The minimum atomic E-state index is -1.13. The van der Waals surface area contributed by atoms with E-state index < -0.39 is 10.9 Å². The molecule has 2 N–H and O–H groups in total. The van der Waals surface area contributed by atoms with Crippen LogP contribution in [-0.2, 0) is 0 Å². The Kier molecular flexibility index (Phi) is 2.80. The van der Waals surface area contributed by atoms with Gasteiger partial charge in [0.15, 0.2) is 0 Å². The lowest BCUT2D eigenvalue weighted by atomic mass is 10.1. The number of hydrogen-bond acceptors (Lipinski definition) is 4. The van der Waals surface area contributed by atoms with Crippen molar-refractivity contribution < 1.29 is 14.8 Å². The molecule has 0 atom stereocenters. The summed E-state index contributed by atoms with van der Waals surface area (Å²) >= 11 is 0. The average molecular weight is 247 g/mol. The number of aromatic carboxylic acids is 1. The number of aromatic nitrogens is 2. The van der Waals surface area contributed by atoms with E-state index in [2.05, 4.69) is 10.2 Å². The number of aromatic amines is 1. The molecule has 0 spiro atoms. The van der Waals surface area contributed by atoms with Crippen molar-refractivity contribution in [1.29, 1.82) is 0 Å². The zero-order chi connectivity index (χ0) is 13.3. The molecule has 0 saturated heterocycles. The Bertz CT molecular complexity index is 633. The second kappa shape index (κ2) is 4.28. The quantitative estimate of drug-likeness (QED) is 0.636. The van der Waals surface area contributed by atoms with Crippen molar-refractivity contribution in [2.75, 3.05) is 0 Å². The van der Waals surface area contributed by atoms with Crippen molar-refractivity contribution in [3.05, 3.63) is 45.6 Å². The molecule has 0 bridgehead atoms. The summed E-state index contributed by atoms with van der Waals surface area (Å²) in [4.78, 5) is 21.0. The van der Waals surface area contributed by atoms with Gasteiger partial charge >= 0.3 is 5.97 Å². The highest BCUT2D eigenvalue weighted by Gasteiger charge is 2.14. The molecule has 92 valence electrons. The van der Waals surface area contributed by atoms with Crippen LogP contribution in [0.4, 0.5) is 5.69 Å². The number of aryl methyl sites for hydroxylation is 1. The van der Waals surface area contributed by atoms with Crippen LogP contribution in [0.15, 0.2) is 24.3 Å². The van der Waals surface area contributed by atoms with Crippen molar-refractivity contribution in [2.24, 2.45) is 0 Å². The van der Waals surface area contributed by atoms with Crippen molar-refractivity contribution >= 4 is 11.7 Å². The van der Waals surface area contributed by atoms with Gasteiger partial charge in [-0.25, -0.2) is 4.79 Å². The number of H-pyrrole nitrogens is 1. The number of nitro benzene ring substituents is 1. The number of carbonyl (C=O) groups is 1. The van der Waals surface area contributed by atoms with Gasteiger partial charge in [-0.1, -0.05) is 12.1 Å². The Hall–Kier alpha value is -2.70. The molecule has 0 radical (unpaired) electrons. The number of nitrogens with zero attached hydrogens (tertiary/aromatic N) is 2. The average Bonchev–Trinajstić information content (AvgIpc) is 2.78. The van der Waals surface area contributed by atoms with E-state index in [9.17, 15) is 14.9 Å². The van der Waals surface area contributed by atoms with Crippen molar-refractivity contribution in [2.45, 2.75) is 6.92 Å². The Morgan fingerprint density at radius 1 is 1.44 bits per heavy atom. The third-order valence-electron chi connectivity index (χ3n) is 2.51. The van der Waals surface area contributed by atoms with Gasteiger partial charge in [-0.15, -0.1) is 0 Å². The highest BCUT2D eigenvalue weighted by molar-refractivity contribution is 5.86. The van der Waals surface area contributed by atoms with Gasteiger partial charge in [0.1, 0.15) is 5.69 Å². The van der Waals surface area contributed by atoms with Crippen LogP contribution in [0.5, 0.6) is 0 Å². The molecule has 0 saturated carbocycles. The summed E-state index contributed by atoms with van der Waals surface area (Å²) in [6, 6.07) is 5.96. The lowest BCUT2D eigenvalue weighted by Crippen LogP contribution is -1.95. The number of carboxylic acids is 1. The third-order valence-corrected chi connectivity index (χ3v) is 2.51. The summed E-state index contributed by atoms with van der Waals surface area (Å²) in [5, 5.41) is 25.7. The fraction of sp³-hybridized carbons (Fsp3) is 0.0909. The standard InChI is InChI=1S/C11H9N3O4/c1-6-2-3-7(4-10(6)14(17)18)8-5-9(11(15)16)13-12-8/h2-5H,1H3,(H,12,13)(H,15,16). The van der Waals surface area contributed by atoms with E-state index in [0.717, 1.165) is 0 Å². The van der Waals surface area contributed by atoms with Gasteiger partial charge < -0.3 is 5.11 Å². The molecule has 0 aliphatic rings. The molecule has 0 aliphatic carbocycles. The summed E-state index contributed by atoms with van der Waals surface area (Å²) in [6.07, 6.45) is 0. The first-order valence-electron chi connectivity index (χ1n) is 5.03. The topological polar surface area (TPSA) is 109 Å². The number of hydrogen-bond donors (Lipinski definition) is 2. The number of nitrogens with one attached hydrogen (secondary N) is 1. The lowest BCUT2D eigenvalue weighted by molar-refractivity contribution is -0.385. The van der Waals surface area contributed by atoms with E-state index in [1.807, 2.05) is 0 Å². The SMILES string of the molecule is Cc1ccc(-c2cc(C(=O)O)[nH]n2)cc1[N+](=O)[O-]. The predicted molar refractivity (Wildman–Crippen MR) is 62.4 cm³/mol. The molecule has 7 heteroatoms. The maximum atomic E-state index is 10.8. The van der Waals surface area contributed by atoms with Crippen LogP contribution in [0.3, 0.4) is 0 Å². The highest BCUT2D eigenvalue weighted by atomic mass is 16.6. The molecule has 18 heavy (non-hydrogen) atoms. The van der Waals surface area contributed by atoms with E-state index in [1.54, 1.807) is 19.1 Å². The Morgan fingerprint density at radius 2 is 2.17 bits per heavy atom. The normalized spacial score (nSPS) is 10.3. The number of nitro groups is 1. The molecule has 7 nitrogen and oxygen atoms in total. The van der Waals surface area contributed by atoms with Gasteiger partial charge in [-0.3, -0.25) is 15.2 Å². The molecule has 1 aromatic heterocycles. The first kappa shape index (κ1) is 11.8. The maximum Gasteiger partial charge on any atom is 0.353 e.